The number of halogens is 2. The van der Waals surface area contributed by atoms with E-state index in [1.807, 2.05) is 31.2 Å². The standard InChI is InChI=1S/C29H23F2N3O2/c1-16-7-9-20(12-26(16)36-3)34-27-13-22-19(14-32-27)15-33-29(28-24(30)5-4-6-25(28)31)23-11-18(17(2)35)8-10-21(22)23/h4-14H,15H2,1-3H3,(H,32,34). The number of anilines is 2. The van der Waals surface area contributed by atoms with Gasteiger partial charge in [0.15, 0.2) is 5.78 Å². The van der Waals surface area contributed by atoms with E-state index in [1.54, 1.807) is 31.5 Å². The van der Waals surface area contributed by atoms with Gasteiger partial charge in [-0.05, 0) is 66.4 Å². The van der Waals surface area contributed by atoms with E-state index in [0.717, 1.165) is 28.1 Å². The van der Waals surface area contributed by atoms with Crippen molar-refractivity contribution in [2.75, 3.05) is 12.4 Å². The lowest BCUT2D eigenvalue weighted by atomic mass is 9.90. The third-order valence-corrected chi connectivity index (χ3v) is 6.25. The first-order valence-electron chi connectivity index (χ1n) is 11.4. The molecule has 0 bridgehead atoms. The predicted molar refractivity (Wildman–Crippen MR) is 136 cm³/mol. The minimum absolute atomic E-state index is 0.152. The van der Waals surface area contributed by atoms with Gasteiger partial charge in [-0.15, -0.1) is 0 Å². The average molecular weight is 484 g/mol. The lowest BCUT2D eigenvalue weighted by molar-refractivity contribution is 0.101. The predicted octanol–water partition coefficient (Wildman–Crippen LogP) is 6.64. The second kappa shape index (κ2) is 9.34. The summed E-state index contributed by atoms with van der Waals surface area (Å²) in [6, 6.07) is 16.5. The number of fused-ring (bicyclic) bond motifs is 3. The van der Waals surface area contributed by atoms with Crippen molar-refractivity contribution in [2.45, 2.75) is 20.4 Å². The number of aryl methyl sites for hydroxylation is 1. The molecule has 0 saturated carbocycles. The van der Waals surface area contributed by atoms with Crippen molar-refractivity contribution in [3.63, 3.8) is 0 Å². The molecule has 2 heterocycles. The number of nitrogens with zero attached hydrogens (tertiary/aromatic N) is 2. The Morgan fingerprint density at radius 3 is 2.47 bits per heavy atom. The third-order valence-electron chi connectivity index (χ3n) is 6.25. The van der Waals surface area contributed by atoms with Gasteiger partial charge in [0.1, 0.15) is 23.2 Å². The van der Waals surface area contributed by atoms with Crippen LogP contribution in [0.2, 0.25) is 0 Å². The first-order valence-corrected chi connectivity index (χ1v) is 11.4. The van der Waals surface area contributed by atoms with Crippen molar-refractivity contribution in [3.8, 4) is 16.9 Å². The average Bonchev–Trinajstić information content (AvgIpc) is 3.02. The van der Waals surface area contributed by atoms with Gasteiger partial charge < -0.3 is 10.1 Å². The van der Waals surface area contributed by atoms with Crippen molar-refractivity contribution in [1.29, 1.82) is 0 Å². The van der Waals surface area contributed by atoms with E-state index in [-0.39, 0.29) is 23.6 Å². The molecule has 1 aliphatic rings. The molecule has 0 spiro atoms. The molecule has 0 aliphatic carbocycles. The summed E-state index contributed by atoms with van der Waals surface area (Å²) in [4.78, 5) is 21.3. The van der Waals surface area contributed by atoms with E-state index in [2.05, 4.69) is 15.3 Å². The van der Waals surface area contributed by atoms with Crippen LogP contribution in [0.1, 0.15) is 39.5 Å². The van der Waals surface area contributed by atoms with Gasteiger partial charge >= 0.3 is 0 Å². The summed E-state index contributed by atoms with van der Waals surface area (Å²) >= 11 is 0. The molecular formula is C29H23F2N3O2. The molecule has 5 nitrogen and oxygen atoms in total. The van der Waals surface area contributed by atoms with Crippen molar-refractivity contribution < 1.29 is 18.3 Å². The van der Waals surface area contributed by atoms with E-state index in [9.17, 15) is 13.6 Å². The molecule has 1 N–H and O–H groups in total. The summed E-state index contributed by atoms with van der Waals surface area (Å²) in [7, 11) is 1.62. The van der Waals surface area contributed by atoms with Crippen LogP contribution in [0.4, 0.5) is 20.3 Å². The smallest absolute Gasteiger partial charge is 0.159 e. The molecule has 0 fully saturated rings. The van der Waals surface area contributed by atoms with Gasteiger partial charge in [0.25, 0.3) is 0 Å². The number of ketones is 1. The maximum Gasteiger partial charge on any atom is 0.159 e. The van der Waals surface area contributed by atoms with Crippen LogP contribution in [-0.4, -0.2) is 23.6 Å². The molecule has 0 saturated heterocycles. The lowest BCUT2D eigenvalue weighted by Crippen LogP contribution is -2.11. The number of hydrogen-bond acceptors (Lipinski definition) is 5. The zero-order valence-electron chi connectivity index (χ0n) is 20.0. The maximum atomic E-state index is 14.8. The molecule has 0 amide bonds. The van der Waals surface area contributed by atoms with Crippen LogP contribution in [0.15, 0.2) is 71.9 Å². The Labute approximate surface area is 207 Å². The quantitative estimate of drug-likeness (QED) is 0.323. The van der Waals surface area contributed by atoms with Crippen LogP contribution < -0.4 is 10.1 Å². The zero-order chi connectivity index (χ0) is 25.4. The third kappa shape index (κ3) is 4.24. The fourth-order valence-electron chi connectivity index (χ4n) is 4.36. The van der Waals surface area contributed by atoms with Gasteiger partial charge in [-0.3, -0.25) is 9.79 Å². The number of benzene rings is 3. The first-order chi connectivity index (χ1) is 17.4. The van der Waals surface area contributed by atoms with E-state index in [0.29, 0.717) is 22.5 Å². The van der Waals surface area contributed by atoms with Gasteiger partial charge in [-0.1, -0.05) is 24.3 Å². The Bertz CT molecular complexity index is 1530. The van der Waals surface area contributed by atoms with Crippen molar-refractivity contribution in [1.82, 2.24) is 4.98 Å². The molecule has 1 aliphatic heterocycles. The summed E-state index contributed by atoms with van der Waals surface area (Å²) in [6.45, 7) is 3.59. The van der Waals surface area contributed by atoms with Crippen molar-refractivity contribution in [2.24, 2.45) is 4.99 Å². The van der Waals surface area contributed by atoms with E-state index in [1.165, 1.54) is 25.1 Å². The highest BCUT2D eigenvalue weighted by Gasteiger charge is 2.25. The number of rotatable bonds is 5. The second-order valence-corrected chi connectivity index (χ2v) is 8.61. The molecule has 180 valence electrons. The number of nitrogens with one attached hydrogen (secondary N) is 1. The Morgan fingerprint density at radius 1 is 0.972 bits per heavy atom. The second-order valence-electron chi connectivity index (χ2n) is 8.61. The fourth-order valence-corrected chi connectivity index (χ4v) is 4.36. The van der Waals surface area contributed by atoms with Crippen molar-refractivity contribution >= 4 is 23.0 Å². The molecule has 0 atom stereocenters. The molecule has 0 unspecified atom stereocenters. The molecular weight excluding hydrogens is 460 g/mol. The number of carbonyl (C=O) groups is 1. The minimum atomic E-state index is -0.715. The monoisotopic (exact) mass is 483 g/mol. The molecule has 3 aromatic carbocycles. The summed E-state index contributed by atoms with van der Waals surface area (Å²) in [5, 5.41) is 3.30. The highest BCUT2D eigenvalue weighted by Crippen LogP contribution is 2.36. The van der Waals surface area contributed by atoms with E-state index in [4.69, 9.17) is 4.74 Å². The Balaban J connectivity index is 1.65. The van der Waals surface area contributed by atoms with E-state index < -0.39 is 11.6 Å². The topological polar surface area (TPSA) is 63.6 Å². The normalized spacial score (nSPS) is 12.2. The van der Waals surface area contributed by atoms with Gasteiger partial charge in [0.05, 0.1) is 24.9 Å². The van der Waals surface area contributed by atoms with Crippen LogP contribution in [-0.2, 0) is 6.54 Å². The van der Waals surface area contributed by atoms with Crippen LogP contribution in [0.25, 0.3) is 11.1 Å². The molecule has 36 heavy (non-hydrogen) atoms. The summed E-state index contributed by atoms with van der Waals surface area (Å²) in [5.74, 6) is -0.245. The van der Waals surface area contributed by atoms with E-state index >= 15 is 0 Å². The number of methoxy groups -OCH3 is 1. The highest BCUT2D eigenvalue weighted by atomic mass is 19.1. The first kappa shape index (κ1) is 23.4. The summed E-state index contributed by atoms with van der Waals surface area (Å²) in [5.41, 5.74) is 5.00. The number of pyridine rings is 1. The molecule has 1 aromatic heterocycles. The summed E-state index contributed by atoms with van der Waals surface area (Å²) < 4.78 is 35.1. The number of ether oxygens (including phenoxy) is 1. The number of hydrogen-bond donors (Lipinski definition) is 1. The zero-order valence-corrected chi connectivity index (χ0v) is 20.0. The highest BCUT2D eigenvalue weighted by molar-refractivity contribution is 6.18. The SMILES string of the molecule is COc1cc(Nc2cc3c(cn2)CN=C(c2c(F)cccc2F)c2cc(C(C)=O)ccc2-3)ccc1C. The van der Waals surface area contributed by atoms with Crippen LogP contribution >= 0.6 is 0 Å². The van der Waals surface area contributed by atoms with Gasteiger partial charge in [-0.2, -0.15) is 0 Å². The van der Waals surface area contributed by atoms with Crippen molar-refractivity contribution in [3.05, 3.63) is 106 Å². The van der Waals surface area contributed by atoms with Crippen LogP contribution in [0.5, 0.6) is 5.75 Å². The molecule has 0 radical (unpaired) electrons. The molecule has 5 rings (SSSR count). The molecule has 7 heteroatoms. The number of aromatic nitrogens is 1. The van der Waals surface area contributed by atoms with Gasteiger partial charge in [-0.25, -0.2) is 13.8 Å². The maximum absolute atomic E-state index is 14.8. The summed E-state index contributed by atoms with van der Waals surface area (Å²) in [6.07, 6.45) is 1.70. The van der Waals surface area contributed by atoms with Gasteiger partial charge in [0, 0.05) is 29.1 Å². The minimum Gasteiger partial charge on any atom is -0.496 e. The largest absolute Gasteiger partial charge is 0.496 e. The molecule has 4 aromatic rings. The van der Waals surface area contributed by atoms with Gasteiger partial charge in [0.2, 0.25) is 0 Å². The number of aliphatic imine (C=N–C) groups is 1. The Kier molecular flexibility index (Phi) is 6.06. The fraction of sp³-hybridized carbons (Fsp3) is 0.138. The number of carbonyl (C=O) groups excluding carboxylic acids is 1. The Morgan fingerprint density at radius 2 is 1.75 bits per heavy atom. The van der Waals surface area contributed by atoms with Crippen LogP contribution in [0.3, 0.4) is 0 Å². The van der Waals surface area contributed by atoms with Crippen LogP contribution in [0, 0.1) is 18.6 Å². The number of Topliss-reactive ketones (excluding diaryl/α,β-unsaturated/α-hetero) is 1. The lowest BCUT2D eigenvalue weighted by Gasteiger charge is -2.15. The Hall–Kier alpha value is -4.39.